The van der Waals surface area contributed by atoms with E-state index in [-0.39, 0.29) is 41.8 Å². The molecule has 0 unspecified atom stereocenters. The number of amides is 3. The van der Waals surface area contributed by atoms with Crippen molar-refractivity contribution in [1.29, 1.82) is 0 Å². The zero-order valence-corrected chi connectivity index (χ0v) is 14.8. The molecule has 128 valence electrons. The molecule has 4 nitrogen and oxygen atoms in total. The molecule has 0 saturated carbocycles. The third-order valence-electron chi connectivity index (χ3n) is 5.64. The number of nitrogens with zero attached hydrogens (tertiary/aromatic N) is 2. The molecule has 0 aromatic heterocycles. The van der Waals surface area contributed by atoms with E-state index in [1.165, 1.54) is 4.90 Å². The molecule has 0 radical (unpaired) electrons. The van der Waals surface area contributed by atoms with Crippen molar-refractivity contribution in [3.05, 3.63) is 48.0 Å². The van der Waals surface area contributed by atoms with Gasteiger partial charge in [0.05, 0.1) is 12.1 Å². The maximum Gasteiger partial charge on any atom is 0.327 e. The lowest BCUT2D eigenvalue weighted by Gasteiger charge is -2.34. The monoisotopic (exact) mass is 326 g/mol. The Kier molecular flexibility index (Phi) is 4.48. The highest BCUT2D eigenvalue weighted by Crippen LogP contribution is 2.39. The van der Waals surface area contributed by atoms with Crippen LogP contribution >= 0.6 is 0 Å². The molecular weight excluding hydrogens is 300 g/mol. The second kappa shape index (κ2) is 6.42. The van der Waals surface area contributed by atoms with Gasteiger partial charge in [0, 0.05) is 13.0 Å². The third-order valence-corrected chi connectivity index (χ3v) is 5.64. The first-order valence-electron chi connectivity index (χ1n) is 8.75. The zero-order chi connectivity index (χ0) is 17.4. The zero-order valence-electron chi connectivity index (χ0n) is 14.8. The van der Waals surface area contributed by atoms with Crippen LogP contribution in [-0.2, 0) is 4.79 Å². The summed E-state index contributed by atoms with van der Waals surface area (Å²) < 4.78 is 0. The van der Waals surface area contributed by atoms with Crippen LogP contribution in [0.5, 0.6) is 0 Å². The second-order valence-electron chi connectivity index (χ2n) is 7.22. The molecule has 1 saturated heterocycles. The Balaban J connectivity index is 1.98. The van der Waals surface area contributed by atoms with Crippen LogP contribution < -0.4 is 0 Å². The molecule has 1 aromatic rings. The number of carbonyl (C=O) groups is 2. The molecule has 1 aromatic carbocycles. The van der Waals surface area contributed by atoms with Gasteiger partial charge in [-0.3, -0.25) is 9.69 Å². The normalized spacial score (nSPS) is 33.2. The fourth-order valence-electron chi connectivity index (χ4n) is 4.12. The summed E-state index contributed by atoms with van der Waals surface area (Å²) in [6.45, 7) is 6.18. The van der Waals surface area contributed by atoms with Crippen molar-refractivity contribution in [2.24, 2.45) is 17.8 Å². The molecular formula is C20H26N2O2. The minimum atomic E-state index is -0.221. The quantitative estimate of drug-likeness (QED) is 0.774. The molecule has 2 aliphatic rings. The molecule has 3 amide bonds. The molecule has 4 heteroatoms. The van der Waals surface area contributed by atoms with Crippen molar-refractivity contribution in [3.63, 3.8) is 0 Å². The molecule has 0 spiro atoms. The highest BCUT2D eigenvalue weighted by molar-refractivity contribution is 5.98. The van der Waals surface area contributed by atoms with E-state index in [0.717, 1.165) is 12.0 Å². The predicted molar refractivity (Wildman–Crippen MR) is 94.2 cm³/mol. The summed E-state index contributed by atoms with van der Waals surface area (Å²) in [5, 5.41) is 0. The van der Waals surface area contributed by atoms with Gasteiger partial charge in [-0.05, 0) is 30.7 Å². The Morgan fingerprint density at radius 2 is 1.79 bits per heavy atom. The highest BCUT2D eigenvalue weighted by Gasteiger charge is 2.48. The van der Waals surface area contributed by atoms with E-state index in [0.29, 0.717) is 0 Å². The number of hydrogen-bond donors (Lipinski definition) is 0. The summed E-state index contributed by atoms with van der Waals surface area (Å²) >= 11 is 0. The van der Waals surface area contributed by atoms with E-state index >= 15 is 0 Å². The standard InChI is InChI=1S/C20H26N2O2/c1-13-9-8-10-14(2)17(13)19(23)22-18(15(3)21(4)20(22)24)16-11-6-5-7-12-16/h5-9,11-15,17-18H,10H2,1-4H3/t13-,14-,15+,17-,18+/m1/s1. The van der Waals surface area contributed by atoms with Gasteiger partial charge in [0.1, 0.15) is 0 Å². The topological polar surface area (TPSA) is 40.6 Å². The van der Waals surface area contributed by atoms with Crippen molar-refractivity contribution < 1.29 is 9.59 Å². The van der Waals surface area contributed by atoms with Crippen molar-refractivity contribution in [3.8, 4) is 0 Å². The number of hydrogen-bond acceptors (Lipinski definition) is 2. The van der Waals surface area contributed by atoms with Crippen LogP contribution in [0.15, 0.2) is 42.5 Å². The highest BCUT2D eigenvalue weighted by atomic mass is 16.2. The van der Waals surface area contributed by atoms with Crippen molar-refractivity contribution in [2.45, 2.75) is 39.3 Å². The van der Waals surface area contributed by atoms with Crippen molar-refractivity contribution in [1.82, 2.24) is 9.80 Å². The van der Waals surface area contributed by atoms with Gasteiger partial charge in [0.25, 0.3) is 0 Å². The fraction of sp³-hybridized carbons (Fsp3) is 0.500. The summed E-state index contributed by atoms with van der Waals surface area (Å²) in [4.78, 5) is 29.4. The van der Waals surface area contributed by atoms with Gasteiger partial charge in [-0.25, -0.2) is 4.79 Å². The van der Waals surface area contributed by atoms with Gasteiger partial charge in [-0.1, -0.05) is 56.3 Å². The molecule has 5 atom stereocenters. The van der Waals surface area contributed by atoms with Crippen LogP contribution in [0.3, 0.4) is 0 Å². The molecule has 1 aliphatic heterocycles. The first-order chi connectivity index (χ1) is 11.4. The van der Waals surface area contributed by atoms with E-state index in [2.05, 4.69) is 26.0 Å². The van der Waals surface area contributed by atoms with Gasteiger partial charge in [0.2, 0.25) is 5.91 Å². The van der Waals surface area contributed by atoms with Crippen LogP contribution in [0.2, 0.25) is 0 Å². The Labute approximate surface area is 144 Å². The minimum absolute atomic E-state index is 0.0330. The molecule has 1 heterocycles. The Hall–Kier alpha value is -2.10. The fourth-order valence-corrected chi connectivity index (χ4v) is 4.12. The number of likely N-dealkylation sites (N-methyl/N-ethyl adjacent to an activating group) is 1. The summed E-state index contributed by atoms with van der Waals surface area (Å²) in [6, 6.07) is 9.44. The largest absolute Gasteiger partial charge is 0.327 e. The lowest BCUT2D eigenvalue weighted by molar-refractivity contribution is -0.136. The van der Waals surface area contributed by atoms with Crippen LogP contribution in [0.25, 0.3) is 0 Å². The van der Waals surface area contributed by atoms with Gasteiger partial charge >= 0.3 is 6.03 Å². The van der Waals surface area contributed by atoms with E-state index in [9.17, 15) is 9.59 Å². The Bertz CT molecular complexity index is 655. The molecule has 0 N–H and O–H groups in total. The van der Waals surface area contributed by atoms with E-state index < -0.39 is 0 Å². The lowest BCUT2D eigenvalue weighted by Crippen LogP contribution is -2.44. The van der Waals surface area contributed by atoms with Crippen LogP contribution in [0.4, 0.5) is 4.79 Å². The minimum Gasteiger partial charge on any atom is -0.322 e. The summed E-state index contributed by atoms with van der Waals surface area (Å²) in [7, 11) is 1.78. The van der Waals surface area contributed by atoms with E-state index in [4.69, 9.17) is 0 Å². The first-order valence-corrected chi connectivity index (χ1v) is 8.75. The van der Waals surface area contributed by atoms with Crippen molar-refractivity contribution >= 4 is 11.9 Å². The van der Waals surface area contributed by atoms with Crippen LogP contribution in [-0.4, -0.2) is 34.8 Å². The number of rotatable bonds is 2. The van der Waals surface area contributed by atoms with Gasteiger partial charge in [-0.15, -0.1) is 0 Å². The van der Waals surface area contributed by atoms with E-state index in [1.807, 2.05) is 37.3 Å². The van der Waals surface area contributed by atoms with Gasteiger partial charge in [-0.2, -0.15) is 0 Å². The average Bonchev–Trinajstić information content (AvgIpc) is 2.79. The second-order valence-corrected chi connectivity index (χ2v) is 7.22. The number of imide groups is 1. The smallest absolute Gasteiger partial charge is 0.322 e. The number of urea groups is 1. The summed E-state index contributed by atoms with van der Waals surface area (Å²) in [5.41, 5.74) is 1.02. The predicted octanol–water partition coefficient (Wildman–Crippen LogP) is 3.86. The number of carbonyl (C=O) groups excluding carboxylic acids is 2. The number of benzene rings is 1. The summed E-state index contributed by atoms with van der Waals surface area (Å²) in [6.07, 6.45) is 5.15. The van der Waals surface area contributed by atoms with Gasteiger partial charge in [0.15, 0.2) is 0 Å². The van der Waals surface area contributed by atoms with Crippen LogP contribution in [0.1, 0.15) is 38.8 Å². The van der Waals surface area contributed by atoms with Crippen LogP contribution in [0, 0.1) is 17.8 Å². The Morgan fingerprint density at radius 3 is 2.42 bits per heavy atom. The SMILES string of the molecule is C[C@@H]1C=CC[C@@H](C)[C@@H]1C(=O)N1C(=O)N(C)[C@@H](C)[C@H]1c1ccccc1. The lowest BCUT2D eigenvalue weighted by atomic mass is 9.76. The molecule has 0 bridgehead atoms. The van der Waals surface area contributed by atoms with Gasteiger partial charge < -0.3 is 4.90 Å². The maximum atomic E-state index is 13.4. The average molecular weight is 326 g/mol. The molecule has 3 rings (SSSR count). The summed E-state index contributed by atoms with van der Waals surface area (Å²) in [5.74, 6) is 0.243. The molecule has 24 heavy (non-hydrogen) atoms. The molecule has 1 fully saturated rings. The molecule has 1 aliphatic carbocycles. The maximum absolute atomic E-state index is 13.4. The third kappa shape index (κ3) is 2.64. The van der Waals surface area contributed by atoms with E-state index in [1.54, 1.807) is 11.9 Å². The first kappa shape index (κ1) is 16.7. The Morgan fingerprint density at radius 1 is 1.12 bits per heavy atom. The van der Waals surface area contributed by atoms with Crippen molar-refractivity contribution in [2.75, 3.05) is 7.05 Å². The number of allylic oxidation sites excluding steroid dienone is 2.